The Bertz CT molecular complexity index is 1930. The van der Waals surface area contributed by atoms with Crippen molar-refractivity contribution in [1.29, 1.82) is 0 Å². The lowest BCUT2D eigenvalue weighted by Crippen LogP contribution is -2.41. The second kappa shape index (κ2) is 9.85. The lowest BCUT2D eigenvalue weighted by Gasteiger charge is -2.27. The van der Waals surface area contributed by atoms with Gasteiger partial charge in [0, 0.05) is 39.6 Å². The Balaban J connectivity index is 1.04. The first-order valence-corrected chi connectivity index (χ1v) is 13.6. The van der Waals surface area contributed by atoms with Gasteiger partial charge in [0.25, 0.3) is 11.8 Å². The monoisotopic (exact) mass is 554 g/mol. The summed E-state index contributed by atoms with van der Waals surface area (Å²) in [5.74, 6) is -2.90. The molecule has 204 valence electrons. The first kappa shape index (κ1) is 25.5. The van der Waals surface area contributed by atoms with Crippen molar-refractivity contribution >= 4 is 51.0 Å². The number of carbonyl (C=O) groups is 5. The fourth-order valence-electron chi connectivity index (χ4n) is 5.87. The van der Waals surface area contributed by atoms with Crippen molar-refractivity contribution < 1.29 is 28.7 Å². The molecule has 0 bridgehead atoms. The number of Topliss-reactive ketones (excluding diaryl/α,β-unsaturated/α-hetero) is 2. The van der Waals surface area contributed by atoms with Crippen molar-refractivity contribution in [3.63, 3.8) is 0 Å². The zero-order valence-electron chi connectivity index (χ0n) is 22.2. The Morgan fingerprint density at radius 3 is 2.00 bits per heavy atom. The van der Waals surface area contributed by atoms with Crippen LogP contribution in [0.1, 0.15) is 69.8 Å². The molecular weight excluding hydrogens is 532 g/mol. The average molecular weight is 555 g/mol. The van der Waals surface area contributed by atoms with Crippen molar-refractivity contribution in [1.82, 2.24) is 9.88 Å². The van der Waals surface area contributed by atoms with Gasteiger partial charge in [0.05, 0.1) is 23.4 Å². The molecule has 1 aromatic heterocycles. The molecule has 0 saturated carbocycles. The summed E-state index contributed by atoms with van der Waals surface area (Å²) in [7, 11) is 0. The summed E-state index contributed by atoms with van der Waals surface area (Å²) in [6.45, 7) is 0.0922. The number of aromatic nitrogens is 1. The van der Waals surface area contributed by atoms with E-state index >= 15 is 0 Å². The molecule has 1 aliphatic carbocycles. The smallest absolute Gasteiger partial charge is 0.338 e. The second-order valence-corrected chi connectivity index (χ2v) is 10.3. The van der Waals surface area contributed by atoms with Gasteiger partial charge < -0.3 is 4.74 Å². The zero-order valence-corrected chi connectivity index (χ0v) is 22.2. The van der Waals surface area contributed by atoms with E-state index in [0.29, 0.717) is 44.2 Å². The molecule has 5 aromatic rings. The van der Waals surface area contributed by atoms with Gasteiger partial charge in [-0.1, -0.05) is 60.7 Å². The highest BCUT2D eigenvalue weighted by Gasteiger charge is 2.40. The van der Waals surface area contributed by atoms with E-state index < -0.39 is 11.9 Å². The van der Waals surface area contributed by atoms with Crippen LogP contribution in [-0.4, -0.2) is 52.4 Å². The van der Waals surface area contributed by atoms with Crippen molar-refractivity contribution in [2.75, 3.05) is 13.2 Å². The Kier molecular flexibility index (Phi) is 5.97. The highest BCUT2D eigenvalue weighted by Crippen LogP contribution is 2.34. The molecule has 7 rings (SSSR count). The number of esters is 1. The molecule has 0 fully saturated rings. The van der Waals surface area contributed by atoms with Crippen LogP contribution in [0.3, 0.4) is 0 Å². The van der Waals surface area contributed by atoms with E-state index in [1.807, 2.05) is 12.1 Å². The van der Waals surface area contributed by atoms with Crippen LogP contribution >= 0.6 is 0 Å². The number of benzene rings is 4. The summed E-state index contributed by atoms with van der Waals surface area (Å²) in [6.07, 6.45) is 0.265. The second-order valence-electron chi connectivity index (χ2n) is 10.3. The van der Waals surface area contributed by atoms with Crippen LogP contribution < -0.4 is 0 Å². The van der Waals surface area contributed by atoms with Crippen molar-refractivity contribution in [2.24, 2.45) is 0 Å². The predicted molar refractivity (Wildman–Crippen MR) is 154 cm³/mol. The number of pyridine rings is 1. The number of nitrogens with zero attached hydrogens (tertiary/aromatic N) is 2. The highest BCUT2D eigenvalue weighted by atomic mass is 16.5. The topological polar surface area (TPSA) is 111 Å². The van der Waals surface area contributed by atoms with Gasteiger partial charge in [-0.15, -0.1) is 0 Å². The van der Waals surface area contributed by atoms with Crippen molar-refractivity contribution in [2.45, 2.75) is 12.3 Å². The molecule has 4 aromatic carbocycles. The van der Waals surface area contributed by atoms with E-state index in [0.717, 1.165) is 5.39 Å². The van der Waals surface area contributed by atoms with Gasteiger partial charge >= 0.3 is 5.97 Å². The van der Waals surface area contributed by atoms with Crippen molar-refractivity contribution in [3.05, 3.63) is 125 Å². The molecule has 2 heterocycles. The number of amides is 2. The summed E-state index contributed by atoms with van der Waals surface area (Å²) < 4.78 is 5.51. The quantitative estimate of drug-likeness (QED) is 0.120. The number of rotatable bonds is 6. The van der Waals surface area contributed by atoms with Gasteiger partial charge in [0.15, 0.2) is 11.6 Å². The maximum atomic E-state index is 13.1. The highest BCUT2D eigenvalue weighted by molar-refractivity contribution is 6.29. The van der Waals surface area contributed by atoms with Gasteiger partial charge in [-0.3, -0.25) is 29.1 Å². The van der Waals surface area contributed by atoms with Gasteiger partial charge in [0.2, 0.25) is 0 Å². The van der Waals surface area contributed by atoms with Crippen LogP contribution in [0.5, 0.6) is 0 Å². The van der Waals surface area contributed by atoms with Gasteiger partial charge in [0.1, 0.15) is 5.92 Å². The van der Waals surface area contributed by atoms with E-state index in [1.165, 1.54) is 4.90 Å². The van der Waals surface area contributed by atoms with E-state index in [-0.39, 0.29) is 48.5 Å². The standard InChI is InChI=1S/C34H22N2O6/c37-30-21-9-1-2-10-22(21)31(38)29(30)27-16-15-20-23(11-5-14-26(20)35-27)34(41)42-18-6-17-36-32(39)24-12-3-7-19-8-4-13-25(28(19)24)33(36)40/h1-5,7-16,29H,6,17-18H2. The largest absolute Gasteiger partial charge is 0.462 e. The summed E-state index contributed by atoms with van der Waals surface area (Å²) in [6, 6.07) is 25.7. The minimum Gasteiger partial charge on any atom is -0.462 e. The average Bonchev–Trinajstić information content (AvgIpc) is 3.27. The molecule has 0 atom stereocenters. The molecule has 0 spiro atoms. The number of hydrogen-bond acceptors (Lipinski definition) is 7. The first-order valence-electron chi connectivity index (χ1n) is 13.6. The zero-order chi connectivity index (χ0) is 29.0. The minimum atomic E-state index is -1.01. The third-order valence-corrected chi connectivity index (χ3v) is 7.87. The Morgan fingerprint density at radius 2 is 1.33 bits per heavy atom. The Hall–Kier alpha value is -5.50. The lowest BCUT2D eigenvalue weighted by molar-refractivity contribution is 0.0477. The number of hydrogen-bond donors (Lipinski definition) is 0. The van der Waals surface area contributed by atoms with Gasteiger partial charge in [-0.2, -0.15) is 0 Å². The minimum absolute atomic E-state index is 0.00697. The molecule has 42 heavy (non-hydrogen) atoms. The molecule has 2 aliphatic rings. The summed E-state index contributed by atoms with van der Waals surface area (Å²) in [4.78, 5) is 70.8. The molecule has 0 unspecified atom stereocenters. The number of ether oxygens (including phenoxy) is 1. The number of fused-ring (bicyclic) bond motifs is 2. The normalized spacial score (nSPS) is 14.6. The maximum Gasteiger partial charge on any atom is 0.338 e. The van der Waals surface area contributed by atoms with Crippen LogP contribution in [0.15, 0.2) is 91.0 Å². The van der Waals surface area contributed by atoms with Crippen LogP contribution in [0.2, 0.25) is 0 Å². The summed E-state index contributed by atoms with van der Waals surface area (Å²) in [5.41, 5.74) is 2.80. The molecule has 0 saturated heterocycles. The van der Waals surface area contributed by atoms with Crippen LogP contribution in [0.4, 0.5) is 0 Å². The van der Waals surface area contributed by atoms with E-state index in [4.69, 9.17) is 4.74 Å². The predicted octanol–water partition coefficient (Wildman–Crippen LogP) is 5.39. The van der Waals surface area contributed by atoms with Gasteiger partial charge in [-0.05, 0) is 42.1 Å². The molecular formula is C34H22N2O6. The SMILES string of the molecule is O=C(OCCCN1C(=O)c2cccc3cccc(c23)C1=O)c1cccc2nc(C3C(=O)c4ccccc4C3=O)ccc12. The molecule has 0 N–H and O–H groups in total. The third-order valence-electron chi connectivity index (χ3n) is 7.87. The summed E-state index contributed by atoms with van der Waals surface area (Å²) in [5, 5.41) is 2.02. The van der Waals surface area contributed by atoms with Crippen LogP contribution in [0, 0.1) is 0 Å². The first-order chi connectivity index (χ1) is 20.4. The van der Waals surface area contributed by atoms with Crippen LogP contribution in [0.25, 0.3) is 21.7 Å². The number of imide groups is 1. The fourth-order valence-corrected chi connectivity index (χ4v) is 5.87. The van der Waals surface area contributed by atoms with E-state index in [1.54, 1.807) is 78.9 Å². The van der Waals surface area contributed by atoms with Crippen LogP contribution in [-0.2, 0) is 4.74 Å². The maximum absolute atomic E-state index is 13.1. The summed E-state index contributed by atoms with van der Waals surface area (Å²) >= 11 is 0. The third kappa shape index (κ3) is 3.91. The molecule has 8 nitrogen and oxygen atoms in total. The Labute approximate surface area is 239 Å². The molecule has 2 amide bonds. The Morgan fingerprint density at radius 1 is 0.714 bits per heavy atom. The molecule has 8 heteroatoms. The number of carbonyl (C=O) groups excluding carboxylic acids is 5. The van der Waals surface area contributed by atoms with E-state index in [9.17, 15) is 24.0 Å². The number of ketones is 2. The molecule has 0 radical (unpaired) electrons. The fraction of sp³-hybridized carbons (Fsp3) is 0.118. The van der Waals surface area contributed by atoms with E-state index in [2.05, 4.69) is 4.98 Å². The molecule has 1 aliphatic heterocycles. The lowest BCUT2D eigenvalue weighted by atomic mass is 9.94. The van der Waals surface area contributed by atoms with Crippen molar-refractivity contribution in [3.8, 4) is 0 Å². The van der Waals surface area contributed by atoms with Gasteiger partial charge in [-0.25, -0.2) is 4.79 Å².